The van der Waals surface area contributed by atoms with Crippen molar-refractivity contribution in [2.24, 2.45) is 0 Å². The first-order valence-corrected chi connectivity index (χ1v) is 8.03. The van der Waals surface area contributed by atoms with Crippen LogP contribution in [0, 0.1) is 11.3 Å². The average molecular weight is 335 g/mol. The van der Waals surface area contributed by atoms with Crippen molar-refractivity contribution in [1.29, 1.82) is 5.26 Å². The highest BCUT2D eigenvalue weighted by Gasteiger charge is 2.17. The Kier molecular flexibility index (Phi) is 4.54. The first kappa shape index (κ1) is 15.7. The molecule has 0 saturated carbocycles. The fraction of sp³-hybridized carbons (Fsp3) is 0.0556. The molecule has 0 atom stereocenters. The summed E-state index contributed by atoms with van der Waals surface area (Å²) in [5, 5.41) is 11.2. The quantitative estimate of drug-likeness (QED) is 0.309. The van der Waals surface area contributed by atoms with Crippen molar-refractivity contribution in [2.45, 2.75) is 0 Å². The number of nitrogens with zero attached hydrogens (tertiary/aromatic N) is 3. The predicted molar refractivity (Wildman–Crippen MR) is 93.3 cm³/mol. The van der Waals surface area contributed by atoms with Crippen LogP contribution in [0.25, 0.3) is 22.3 Å². The minimum atomic E-state index is -0.679. The highest BCUT2D eigenvalue weighted by molar-refractivity contribution is 7.15. The highest BCUT2D eigenvalue weighted by Crippen LogP contribution is 2.28. The molecule has 2 heterocycles. The van der Waals surface area contributed by atoms with E-state index < -0.39 is 5.97 Å². The zero-order valence-corrected chi connectivity index (χ0v) is 13.5. The van der Waals surface area contributed by atoms with Crippen LogP contribution in [0.1, 0.15) is 5.69 Å². The molecule has 0 aliphatic heterocycles. The Bertz CT molecular complexity index is 961. The van der Waals surface area contributed by atoms with Crippen molar-refractivity contribution < 1.29 is 9.53 Å². The maximum Gasteiger partial charge on any atom is 0.349 e. The smallest absolute Gasteiger partial charge is 0.349 e. The number of rotatable bonds is 5. The fourth-order valence-electron chi connectivity index (χ4n) is 2.24. The Hall–Kier alpha value is -3.17. The number of carbonyl (C=O) groups excluding carboxylic acids is 1. The number of nitriles is 1. The maximum atomic E-state index is 12.0. The van der Waals surface area contributed by atoms with Gasteiger partial charge in [0.2, 0.25) is 0 Å². The van der Waals surface area contributed by atoms with E-state index in [9.17, 15) is 10.1 Å². The zero-order valence-electron chi connectivity index (χ0n) is 12.7. The molecule has 0 saturated heterocycles. The molecular weight excluding hydrogens is 322 g/mol. The lowest BCUT2D eigenvalue weighted by atomic mass is 10.1. The molecule has 3 aromatic rings. The first-order chi connectivity index (χ1) is 11.7. The highest BCUT2D eigenvalue weighted by atomic mass is 32.1. The standard InChI is InChI=1S/C18H13N3O2S/c1-2-9-23-17(22)14(12-19)11-15-16(13-6-4-3-5-7-13)20-18-21(15)8-10-24-18/h2-8,10-11H,1,9H2/b14-11+. The van der Waals surface area contributed by atoms with Gasteiger partial charge < -0.3 is 4.74 Å². The predicted octanol–water partition coefficient (Wildman–Crippen LogP) is 3.70. The summed E-state index contributed by atoms with van der Waals surface area (Å²) >= 11 is 1.48. The van der Waals surface area contributed by atoms with Crippen molar-refractivity contribution in [3.8, 4) is 17.3 Å². The molecule has 0 bridgehead atoms. The second kappa shape index (κ2) is 6.94. The number of aromatic nitrogens is 2. The summed E-state index contributed by atoms with van der Waals surface area (Å²) in [7, 11) is 0. The van der Waals surface area contributed by atoms with E-state index in [2.05, 4.69) is 11.6 Å². The van der Waals surface area contributed by atoms with Crippen molar-refractivity contribution in [3.63, 3.8) is 0 Å². The summed E-state index contributed by atoms with van der Waals surface area (Å²) in [6, 6.07) is 11.5. The van der Waals surface area contributed by atoms with Gasteiger partial charge in [0.15, 0.2) is 4.96 Å². The Morgan fingerprint density at radius 1 is 1.42 bits per heavy atom. The largest absolute Gasteiger partial charge is 0.457 e. The molecule has 0 aliphatic carbocycles. The van der Waals surface area contributed by atoms with Crippen molar-refractivity contribution >= 4 is 28.3 Å². The molecule has 3 rings (SSSR count). The average Bonchev–Trinajstić information content (AvgIpc) is 3.20. The number of hydrogen-bond donors (Lipinski definition) is 0. The molecule has 118 valence electrons. The molecule has 0 radical (unpaired) electrons. The van der Waals surface area contributed by atoms with Gasteiger partial charge in [-0.15, -0.1) is 11.3 Å². The third-order valence-electron chi connectivity index (χ3n) is 3.30. The van der Waals surface area contributed by atoms with E-state index in [1.807, 2.05) is 52.4 Å². The van der Waals surface area contributed by atoms with E-state index in [1.54, 1.807) is 0 Å². The Morgan fingerprint density at radius 2 is 2.21 bits per heavy atom. The van der Waals surface area contributed by atoms with E-state index >= 15 is 0 Å². The normalized spacial score (nSPS) is 11.2. The molecule has 0 fully saturated rings. The molecule has 24 heavy (non-hydrogen) atoms. The summed E-state index contributed by atoms with van der Waals surface area (Å²) < 4.78 is 6.81. The van der Waals surface area contributed by atoms with Crippen LogP contribution in [0.15, 0.2) is 60.1 Å². The van der Waals surface area contributed by atoms with Gasteiger partial charge in [0.1, 0.15) is 18.2 Å². The van der Waals surface area contributed by atoms with Gasteiger partial charge in [-0.1, -0.05) is 43.0 Å². The van der Waals surface area contributed by atoms with Crippen molar-refractivity contribution in [2.75, 3.05) is 6.61 Å². The van der Waals surface area contributed by atoms with E-state index in [1.165, 1.54) is 23.5 Å². The lowest BCUT2D eigenvalue weighted by Crippen LogP contribution is -2.07. The van der Waals surface area contributed by atoms with Crippen LogP contribution in [0.2, 0.25) is 0 Å². The minimum Gasteiger partial charge on any atom is -0.457 e. The minimum absolute atomic E-state index is 0.0592. The molecule has 0 unspecified atom stereocenters. The Morgan fingerprint density at radius 3 is 2.92 bits per heavy atom. The third-order valence-corrected chi connectivity index (χ3v) is 4.06. The van der Waals surface area contributed by atoms with Gasteiger partial charge in [-0.25, -0.2) is 9.78 Å². The molecule has 0 aliphatic rings. The van der Waals surface area contributed by atoms with E-state index in [0.29, 0.717) is 11.4 Å². The number of hydrogen-bond acceptors (Lipinski definition) is 5. The number of thiazole rings is 1. The number of imidazole rings is 1. The van der Waals surface area contributed by atoms with E-state index in [0.717, 1.165) is 10.5 Å². The number of benzene rings is 1. The van der Waals surface area contributed by atoms with Gasteiger partial charge in [0, 0.05) is 17.1 Å². The number of ether oxygens (including phenoxy) is 1. The number of carbonyl (C=O) groups is 1. The number of esters is 1. The van der Waals surface area contributed by atoms with Crippen LogP contribution >= 0.6 is 11.3 Å². The molecule has 5 nitrogen and oxygen atoms in total. The van der Waals surface area contributed by atoms with Crippen molar-refractivity contribution in [3.05, 3.63) is 65.8 Å². The second-order valence-electron chi connectivity index (χ2n) is 4.82. The van der Waals surface area contributed by atoms with Crippen LogP contribution < -0.4 is 0 Å². The van der Waals surface area contributed by atoms with Gasteiger partial charge in [-0.3, -0.25) is 4.40 Å². The van der Waals surface area contributed by atoms with Crippen LogP contribution in [0.3, 0.4) is 0 Å². The van der Waals surface area contributed by atoms with Gasteiger partial charge in [0.25, 0.3) is 0 Å². The summed E-state index contributed by atoms with van der Waals surface area (Å²) in [6.45, 7) is 3.55. The van der Waals surface area contributed by atoms with Gasteiger partial charge in [-0.05, 0) is 6.08 Å². The Labute approximate surface area is 142 Å². The molecule has 1 aromatic carbocycles. The topological polar surface area (TPSA) is 67.4 Å². The summed E-state index contributed by atoms with van der Waals surface area (Å²) in [5.41, 5.74) is 2.22. The Balaban J connectivity index is 2.12. The molecule has 0 amide bonds. The summed E-state index contributed by atoms with van der Waals surface area (Å²) in [6.07, 6.45) is 4.83. The van der Waals surface area contributed by atoms with Gasteiger partial charge >= 0.3 is 5.97 Å². The van der Waals surface area contributed by atoms with Crippen LogP contribution in [0.4, 0.5) is 0 Å². The lowest BCUT2D eigenvalue weighted by molar-refractivity contribution is -0.137. The molecule has 2 aromatic heterocycles. The monoisotopic (exact) mass is 335 g/mol. The SMILES string of the molecule is C=CCOC(=O)/C(C#N)=C/c1c(-c2ccccc2)nc2sccn12. The van der Waals surface area contributed by atoms with E-state index in [4.69, 9.17) is 4.74 Å². The zero-order chi connectivity index (χ0) is 16.9. The van der Waals surface area contributed by atoms with Crippen molar-refractivity contribution in [1.82, 2.24) is 9.38 Å². The summed E-state index contributed by atoms with van der Waals surface area (Å²) in [4.78, 5) is 17.4. The third kappa shape index (κ3) is 2.98. The second-order valence-corrected chi connectivity index (χ2v) is 5.70. The van der Waals surface area contributed by atoms with Crippen LogP contribution in [-0.2, 0) is 9.53 Å². The maximum absolute atomic E-state index is 12.0. The van der Waals surface area contributed by atoms with Crippen LogP contribution in [0.5, 0.6) is 0 Å². The summed E-state index contributed by atoms with van der Waals surface area (Å²) in [5.74, 6) is -0.679. The lowest BCUT2D eigenvalue weighted by Gasteiger charge is -2.02. The molecule has 0 N–H and O–H groups in total. The molecule has 6 heteroatoms. The molecule has 0 spiro atoms. The van der Waals surface area contributed by atoms with E-state index in [-0.39, 0.29) is 12.2 Å². The van der Waals surface area contributed by atoms with Gasteiger partial charge in [-0.2, -0.15) is 5.26 Å². The van der Waals surface area contributed by atoms with Gasteiger partial charge in [0.05, 0.1) is 11.4 Å². The molecular formula is C18H13N3O2S. The first-order valence-electron chi connectivity index (χ1n) is 7.15. The fourth-order valence-corrected chi connectivity index (χ4v) is 2.96. The number of fused-ring (bicyclic) bond motifs is 1. The van der Waals surface area contributed by atoms with Crippen LogP contribution in [-0.4, -0.2) is 22.0 Å².